The fourth-order valence-electron chi connectivity index (χ4n) is 1.56. The Bertz CT molecular complexity index is 433. The molecule has 0 radical (unpaired) electrons. The van der Waals surface area contributed by atoms with E-state index in [1.165, 1.54) is 13.0 Å². The molecule has 1 aromatic rings. The van der Waals surface area contributed by atoms with Crippen LogP contribution in [0.2, 0.25) is 0 Å². The predicted molar refractivity (Wildman–Crippen MR) is 59.5 cm³/mol. The van der Waals surface area contributed by atoms with Gasteiger partial charge in [-0.15, -0.1) is 0 Å². The standard InChI is InChI=1S/C12H14F5NO/c1-7-2-3-8(13)10(11(7)14)9(18)4-5-19-6-12(15,16)17/h2-3,9H,4-6,18H2,1H3. The normalized spacial score (nSPS) is 13.6. The SMILES string of the molecule is Cc1ccc(F)c(C(N)CCOCC(F)(F)F)c1F. The van der Waals surface area contributed by atoms with E-state index in [0.717, 1.165) is 6.07 Å². The second-order valence-corrected chi connectivity index (χ2v) is 4.15. The van der Waals surface area contributed by atoms with Gasteiger partial charge in [0.25, 0.3) is 0 Å². The highest BCUT2D eigenvalue weighted by Crippen LogP contribution is 2.24. The van der Waals surface area contributed by atoms with Gasteiger partial charge in [0.05, 0.1) is 0 Å². The largest absolute Gasteiger partial charge is 0.411 e. The molecular formula is C12H14F5NO. The van der Waals surface area contributed by atoms with Gasteiger partial charge in [0.2, 0.25) is 0 Å². The van der Waals surface area contributed by atoms with E-state index < -0.39 is 30.5 Å². The minimum absolute atomic E-state index is 0.104. The van der Waals surface area contributed by atoms with Crippen molar-refractivity contribution in [1.29, 1.82) is 0 Å². The van der Waals surface area contributed by atoms with Crippen molar-refractivity contribution in [2.24, 2.45) is 5.73 Å². The van der Waals surface area contributed by atoms with Gasteiger partial charge in [-0.2, -0.15) is 13.2 Å². The molecule has 0 aliphatic rings. The lowest BCUT2D eigenvalue weighted by molar-refractivity contribution is -0.174. The fraction of sp³-hybridized carbons (Fsp3) is 0.500. The highest BCUT2D eigenvalue weighted by molar-refractivity contribution is 5.28. The molecule has 1 rings (SSSR count). The van der Waals surface area contributed by atoms with Crippen LogP contribution in [0.5, 0.6) is 0 Å². The van der Waals surface area contributed by atoms with E-state index in [4.69, 9.17) is 5.73 Å². The molecule has 1 aromatic carbocycles. The molecule has 2 nitrogen and oxygen atoms in total. The smallest absolute Gasteiger partial charge is 0.372 e. The molecule has 19 heavy (non-hydrogen) atoms. The molecule has 108 valence electrons. The summed E-state index contributed by atoms with van der Waals surface area (Å²) in [5.41, 5.74) is 5.48. The number of hydrogen-bond donors (Lipinski definition) is 1. The van der Waals surface area contributed by atoms with Crippen LogP contribution in [0.15, 0.2) is 12.1 Å². The number of halogens is 5. The molecular weight excluding hydrogens is 269 g/mol. The van der Waals surface area contributed by atoms with Crippen LogP contribution < -0.4 is 5.73 Å². The zero-order valence-corrected chi connectivity index (χ0v) is 10.2. The first kappa shape index (κ1) is 15.8. The zero-order valence-electron chi connectivity index (χ0n) is 10.2. The maximum absolute atomic E-state index is 13.7. The summed E-state index contributed by atoms with van der Waals surface area (Å²) in [6, 6.07) is 1.29. The first-order chi connectivity index (χ1) is 8.72. The average Bonchev–Trinajstić information content (AvgIpc) is 2.29. The van der Waals surface area contributed by atoms with E-state index in [1.54, 1.807) is 0 Å². The Kier molecular flexibility index (Phi) is 5.25. The van der Waals surface area contributed by atoms with Gasteiger partial charge in [-0.3, -0.25) is 0 Å². The molecule has 0 aromatic heterocycles. The van der Waals surface area contributed by atoms with Crippen molar-refractivity contribution < 1.29 is 26.7 Å². The van der Waals surface area contributed by atoms with Gasteiger partial charge < -0.3 is 10.5 Å². The zero-order chi connectivity index (χ0) is 14.6. The maximum atomic E-state index is 13.7. The molecule has 0 saturated heterocycles. The fourth-order valence-corrected chi connectivity index (χ4v) is 1.56. The highest BCUT2D eigenvalue weighted by Gasteiger charge is 2.27. The van der Waals surface area contributed by atoms with Gasteiger partial charge in [-0.05, 0) is 25.0 Å². The molecule has 1 atom stereocenters. The topological polar surface area (TPSA) is 35.2 Å². The van der Waals surface area contributed by atoms with E-state index in [0.29, 0.717) is 0 Å². The van der Waals surface area contributed by atoms with Crippen LogP contribution in [0.1, 0.15) is 23.6 Å². The maximum Gasteiger partial charge on any atom is 0.411 e. The van der Waals surface area contributed by atoms with Crippen molar-refractivity contribution in [3.8, 4) is 0 Å². The quantitative estimate of drug-likeness (QED) is 0.665. The molecule has 2 N–H and O–H groups in total. The summed E-state index contributed by atoms with van der Waals surface area (Å²) in [7, 11) is 0. The Morgan fingerprint density at radius 2 is 1.89 bits per heavy atom. The van der Waals surface area contributed by atoms with Crippen molar-refractivity contribution >= 4 is 0 Å². The van der Waals surface area contributed by atoms with Crippen molar-refractivity contribution in [2.75, 3.05) is 13.2 Å². The lowest BCUT2D eigenvalue weighted by Gasteiger charge is -2.15. The third-order valence-electron chi connectivity index (χ3n) is 2.53. The third-order valence-corrected chi connectivity index (χ3v) is 2.53. The summed E-state index contributed by atoms with van der Waals surface area (Å²) in [5, 5.41) is 0. The van der Waals surface area contributed by atoms with Crippen molar-refractivity contribution in [2.45, 2.75) is 25.6 Å². The highest BCUT2D eigenvalue weighted by atomic mass is 19.4. The summed E-state index contributed by atoms with van der Waals surface area (Å²) in [6.45, 7) is -0.281. The van der Waals surface area contributed by atoms with Crippen LogP contribution in [0.25, 0.3) is 0 Å². The van der Waals surface area contributed by atoms with Crippen LogP contribution in [0.3, 0.4) is 0 Å². The Hall–Kier alpha value is -1.21. The lowest BCUT2D eigenvalue weighted by Crippen LogP contribution is -2.21. The van der Waals surface area contributed by atoms with E-state index in [9.17, 15) is 22.0 Å². The van der Waals surface area contributed by atoms with Gasteiger partial charge >= 0.3 is 6.18 Å². The van der Waals surface area contributed by atoms with E-state index in [-0.39, 0.29) is 24.2 Å². The lowest BCUT2D eigenvalue weighted by atomic mass is 10.0. The van der Waals surface area contributed by atoms with Crippen molar-refractivity contribution in [3.05, 3.63) is 34.9 Å². The van der Waals surface area contributed by atoms with E-state index in [1.807, 2.05) is 0 Å². The van der Waals surface area contributed by atoms with E-state index in [2.05, 4.69) is 4.74 Å². The number of nitrogens with two attached hydrogens (primary N) is 1. The molecule has 0 heterocycles. The molecule has 0 fully saturated rings. The Morgan fingerprint density at radius 3 is 2.47 bits per heavy atom. The monoisotopic (exact) mass is 283 g/mol. The van der Waals surface area contributed by atoms with Crippen LogP contribution in [-0.4, -0.2) is 19.4 Å². The van der Waals surface area contributed by atoms with Gasteiger partial charge in [-0.25, -0.2) is 8.78 Å². The number of benzene rings is 1. The molecule has 7 heteroatoms. The molecule has 0 aliphatic carbocycles. The third kappa shape index (κ3) is 4.76. The van der Waals surface area contributed by atoms with Crippen LogP contribution in [0.4, 0.5) is 22.0 Å². The van der Waals surface area contributed by atoms with Gasteiger partial charge in [0.15, 0.2) is 0 Å². The predicted octanol–water partition coefficient (Wildman–Crippen LogP) is 3.24. The second-order valence-electron chi connectivity index (χ2n) is 4.15. The summed E-state index contributed by atoms with van der Waals surface area (Å²) in [6.07, 6.45) is -4.53. The molecule has 1 unspecified atom stereocenters. The first-order valence-corrected chi connectivity index (χ1v) is 5.57. The summed E-state index contributed by atoms with van der Waals surface area (Å²) >= 11 is 0. The molecule has 0 amide bonds. The number of alkyl halides is 3. The Labute approximate surface area is 107 Å². The summed E-state index contributed by atoms with van der Waals surface area (Å²) in [4.78, 5) is 0. The van der Waals surface area contributed by atoms with Crippen molar-refractivity contribution in [3.63, 3.8) is 0 Å². The first-order valence-electron chi connectivity index (χ1n) is 5.57. The van der Waals surface area contributed by atoms with Gasteiger partial charge in [-0.1, -0.05) is 6.07 Å². The number of aryl methyl sites for hydroxylation is 1. The molecule has 0 aliphatic heterocycles. The van der Waals surface area contributed by atoms with Gasteiger partial charge in [0, 0.05) is 18.2 Å². The van der Waals surface area contributed by atoms with Crippen LogP contribution in [0, 0.1) is 18.6 Å². The number of rotatable bonds is 5. The summed E-state index contributed by atoms with van der Waals surface area (Å²) < 4.78 is 66.9. The minimum Gasteiger partial charge on any atom is -0.372 e. The van der Waals surface area contributed by atoms with Crippen LogP contribution >= 0.6 is 0 Å². The minimum atomic E-state index is -4.43. The number of ether oxygens (including phenoxy) is 1. The molecule has 0 bridgehead atoms. The van der Waals surface area contributed by atoms with Crippen molar-refractivity contribution in [1.82, 2.24) is 0 Å². The van der Waals surface area contributed by atoms with Crippen LogP contribution in [-0.2, 0) is 4.74 Å². The molecule has 0 saturated carbocycles. The second kappa shape index (κ2) is 6.29. The Balaban J connectivity index is 2.59. The summed E-state index contributed by atoms with van der Waals surface area (Å²) in [5.74, 6) is -1.59. The van der Waals surface area contributed by atoms with E-state index >= 15 is 0 Å². The number of hydrogen-bond acceptors (Lipinski definition) is 2. The van der Waals surface area contributed by atoms with Gasteiger partial charge in [0.1, 0.15) is 18.2 Å². The Morgan fingerprint density at radius 1 is 1.26 bits per heavy atom. The average molecular weight is 283 g/mol. The molecule has 0 spiro atoms.